The first-order chi connectivity index (χ1) is 9.22. The molecule has 3 aliphatic rings. The van der Waals surface area contributed by atoms with Gasteiger partial charge in [-0.25, -0.2) is 0 Å². The first-order valence-electron chi connectivity index (χ1n) is 7.27. The van der Waals surface area contributed by atoms with Crippen LogP contribution in [0.1, 0.15) is 43.2 Å². The third-order valence-electron chi connectivity index (χ3n) is 5.31. The topological polar surface area (TPSA) is 20.3 Å². The highest BCUT2D eigenvalue weighted by Crippen LogP contribution is 2.54. The molecule has 1 aromatic rings. The van der Waals surface area contributed by atoms with Gasteiger partial charge in [-0.05, 0) is 37.3 Å². The summed E-state index contributed by atoms with van der Waals surface area (Å²) in [7, 11) is 0. The van der Waals surface area contributed by atoms with Gasteiger partial charge in [0.25, 0.3) is 0 Å². The fraction of sp³-hybridized carbons (Fsp3) is 0.471. The van der Waals surface area contributed by atoms with E-state index in [1.807, 2.05) is 0 Å². The quantitative estimate of drug-likeness (QED) is 0.651. The largest absolute Gasteiger partial charge is 0.335 e. The van der Waals surface area contributed by atoms with Crippen molar-refractivity contribution in [3.63, 3.8) is 0 Å². The molecule has 98 valence electrons. The van der Waals surface area contributed by atoms with Crippen molar-refractivity contribution in [1.29, 1.82) is 0 Å². The van der Waals surface area contributed by atoms with Gasteiger partial charge < -0.3 is 4.90 Å². The van der Waals surface area contributed by atoms with E-state index in [0.29, 0.717) is 18.2 Å². The van der Waals surface area contributed by atoms with Crippen molar-refractivity contribution >= 4 is 5.91 Å². The van der Waals surface area contributed by atoms with Crippen molar-refractivity contribution in [3.8, 4) is 0 Å². The summed E-state index contributed by atoms with van der Waals surface area (Å²) in [5.74, 6) is 0.758. The molecular formula is C17H19NO. The van der Waals surface area contributed by atoms with Gasteiger partial charge in [0, 0.05) is 12.5 Å². The number of hydrogen-bond acceptors (Lipinski definition) is 1. The number of benzene rings is 1. The predicted octanol–water partition coefficient (Wildman–Crippen LogP) is 3.04. The Hall–Kier alpha value is -1.57. The van der Waals surface area contributed by atoms with Gasteiger partial charge in [-0.1, -0.05) is 35.9 Å². The molecule has 0 aromatic heterocycles. The zero-order valence-electron chi connectivity index (χ0n) is 11.4. The summed E-state index contributed by atoms with van der Waals surface area (Å²) in [5, 5.41) is 0. The number of hydrogen-bond donors (Lipinski definition) is 0. The van der Waals surface area contributed by atoms with Crippen LogP contribution >= 0.6 is 0 Å². The minimum absolute atomic E-state index is 0.0633. The molecule has 2 nitrogen and oxygen atoms in total. The van der Waals surface area contributed by atoms with Crippen LogP contribution in [0.5, 0.6) is 0 Å². The average Bonchev–Trinajstić information content (AvgIpc) is 2.94. The summed E-state index contributed by atoms with van der Waals surface area (Å²) in [6.07, 6.45) is 6.31. The SMILES string of the molecule is CC1=CC[C@]23CCCN2C(=O)Cc2ccccc2[C@H]13. The molecule has 0 unspecified atom stereocenters. The lowest BCUT2D eigenvalue weighted by molar-refractivity contribution is -0.134. The minimum atomic E-state index is 0.0633. The third-order valence-corrected chi connectivity index (χ3v) is 5.31. The lowest BCUT2D eigenvalue weighted by Gasteiger charge is -2.40. The molecule has 1 spiro atoms. The summed E-state index contributed by atoms with van der Waals surface area (Å²) >= 11 is 0. The van der Waals surface area contributed by atoms with E-state index in [2.05, 4.69) is 42.2 Å². The van der Waals surface area contributed by atoms with Crippen LogP contribution < -0.4 is 0 Å². The van der Waals surface area contributed by atoms with Crippen molar-refractivity contribution in [2.24, 2.45) is 0 Å². The van der Waals surface area contributed by atoms with Crippen LogP contribution in [0.4, 0.5) is 0 Å². The molecule has 2 heteroatoms. The smallest absolute Gasteiger partial charge is 0.227 e. The van der Waals surface area contributed by atoms with Crippen LogP contribution in [0.15, 0.2) is 35.9 Å². The molecule has 0 bridgehead atoms. The third kappa shape index (κ3) is 1.35. The highest BCUT2D eigenvalue weighted by molar-refractivity contribution is 5.82. The molecule has 1 saturated heterocycles. The Morgan fingerprint density at radius 1 is 1.32 bits per heavy atom. The molecule has 0 radical (unpaired) electrons. The molecule has 1 fully saturated rings. The van der Waals surface area contributed by atoms with Crippen molar-refractivity contribution in [2.75, 3.05) is 6.54 Å². The Morgan fingerprint density at radius 2 is 2.16 bits per heavy atom. The molecule has 0 N–H and O–H groups in total. The number of fused-ring (bicyclic) bond motifs is 2. The van der Waals surface area contributed by atoms with Gasteiger partial charge >= 0.3 is 0 Å². The van der Waals surface area contributed by atoms with E-state index in [-0.39, 0.29) is 5.54 Å². The maximum Gasteiger partial charge on any atom is 0.227 e. The highest BCUT2D eigenvalue weighted by Gasteiger charge is 2.53. The van der Waals surface area contributed by atoms with Gasteiger partial charge in [0.2, 0.25) is 5.91 Å². The molecule has 2 heterocycles. The molecule has 2 aliphatic heterocycles. The van der Waals surface area contributed by atoms with E-state index in [1.54, 1.807) is 0 Å². The van der Waals surface area contributed by atoms with Crippen LogP contribution in [0, 0.1) is 0 Å². The number of amides is 1. The van der Waals surface area contributed by atoms with Crippen molar-refractivity contribution < 1.29 is 4.79 Å². The Kier molecular flexibility index (Phi) is 2.21. The number of rotatable bonds is 0. The lowest BCUT2D eigenvalue weighted by Crippen LogP contribution is -2.48. The second-order valence-corrected chi connectivity index (χ2v) is 6.21. The van der Waals surface area contributed by atoms with Gasteiger partial charge in [-0.2, -0.15) is 0 Å². The van der Waals surface area contributed by atoms with Crippen LogP contribution in [0.25, 0.3) is 0 Å². The van der Waals surface area contributed by atoms with E-state index in [4.69, 9.17) is 0 Å². The van der Waals surface area contributed by atoms with Crippen molar-refractivity contribution in [3.05, 3.63) is 47.0 Å². The molecule has 1 aromatic carbocycles. The second kappa shape index (κ2) is 3.72. The van der Waals surface area contributed by atoms with Crippen LogP contribution in [0.3, 0.4) is 0 Å². The summed E-state index contributed by atoms with van der Waals surface area (Å²) in [4.78, 5) is 14.8. The Morgan fingerprint density at radius 3 is 3.05 bits per heavy atom. The minimum Gasteiger partial charge on any atom is -0.335 e. The molecule has 1 aliphatic carbocycles. The van der Waals surface area contributed by atoms with E-state index >= 15 is 0 Å². The number of carbonyl (C=O) groups excluding carboxylic acids is 1. The van der Waals surface area contributed by atoms with Gasteiger partial charge in [0.15, 0.2) is 0 Å². The molecule has 2 atom stereocenters. The Bertz CT molecular complexity index is 589. The van der Waals surface area contributed by atoms with E-state index < -0.39 is 0 Å². The number of carbonyl (C=O) groups is 1. The first-order valence-corrected chi connectivity index (χ1v) is 7.27. The number of nitrogens with zero attached hydrogens (tertiary/aromatic N) is 1. The maximum absolute atomic E-state index is 12.6. The molecule has 0 saturated carbocycles. The first kappa shape index (κ1) is 11.3. The normalized spacial score (nSPS) is 32.5. The van der Waals surface area contributed by atoms with Crippen molar-refractivity contribution in [1.82, 2.24) is 4.90 Å². The van der Waals surface area contributed by atoms with E-state index in [0.717, 1.165) is 25.8 Å². The summed E-state index contributed by atoms with van der Waals surface area (Å²) in [6, 6.07) is 8.55. The van der Waals surface area contributed by atoms with Crippen LogP contribution in [-0.2, 0) is 11.2 Å². The summed E-state index contributed by atoms with van der Waals surface area (Å²) in [5.41, 5.74) is 4.15. The highest BCUT2D eigenvalue weighted by atomic mass is 16.2. The van der Waals surface area contributed by atoms with Gasteiger partial charge in [0.05, 0.1) is 12.0 Å². The molecular weight excluding hydrogens is 234 g/mol. The van der Waals surface area contributed by atoms with Crippen molar-refractivity contribution in [2.45, 2.75) is 44.1 Å². The Balaban J connectivity index is 1.96. The van der Waals surface area contributed by atoms with Crippen LogP contribution in [0.2, 0.25) is 0 Å². The Labute approximate surface area is 114 Å². The average molecular weight is 253 g/mol. The zero-order valence-corrected chi connectivity index (χ0v) is 11.4. The summed E-state index contributed by atoms with van der Waals surface area (Å²) in [6.45, 7) is 3.19. The fourth-order valence-corrected chi connectivity index (χ4v) is 4.55. The van der Waals surface area contributed by atoms with E-state index in [1.165, 1.54) is 16.7 Å². The van der Waals surface area contributed by atoms with Gasteiger partial charge in [-0.15, -0.1) is 0 Å². The fourth-order valence-electron chi connectivity index (χ4n) is 4.55. The van der Waals surface area contributed by atoms with Gasteiger partial charge in [0.1, 0.15) is 0 Å². The van der Waals surface area contributed by atoms with Crippen LogP contribution in [-0.4, -0.2) is 22.9 Å². The van der Waals surface area contributed by atoms with E-state index in [9.17, 15) is 4.79 Å². The standard InChI is InChI=1S/C17H19NO/c1-12-7-9-17-8-4-10-18(17)15(19)11-13-5-2-3-6-14(13)16(12)17/h2-3,5-7,16H,4,8-11H2,1H3/t16-,17-/m0/s1. The predicted molar refractivity (Wildman–Crippen MR) is 74.9 cm³/mol. The van der Waals surface area contributed by atoms with Gasteiger partial charge in [-0.3, -0.25) is 4.79 Å². The zero-order chi connectivity index (χ0) is 13.0. The summed E-state index contributed by atoms with van der Waals surface area (Å²) < 4.78 is 0. The molecule has 19 heavy (non-hydrogen) atoms. The second-order valence-electron chi connectivity index (χ2n) is 6.21. The monoisotopic (exact) mass is 253 g/mol. The lowest BCUT2D eigenvalue weighted by atomic mass is 9.76. The molecule has 1 amide bonds. The molecule has 4 rings (SSSR count). The maximum atomic E-state index is 12.6.